The molecule has 0 saturated heterocycles. The van der Waals surface area contributed by atoms with Crippen LogP contribution in [0.3, 0.4) is 0 Å². The van der Waals surface area contributed by atoms with Crippen LogP contribution in [0.5, 0.6) is 0 Å². The fourth-order valence-corrected chi connectivity index (χ4v) is 24.6. The fourth-order valence-electron chi connectivity index (χ4n) is 4.03. The summed E-state index contributed by atoms with van der Waals surface area (Å²) >= 11 is -2.91. The summed E-state index contributed by atoms with van der Waals surface area (Å²) in [6, 6.07) is 9.05. The number of aryl methyl sites for hydroxylation is 1. The maximum atomic E-state index is 4.17. The van der Waals surface area contributed by atoms with Gasteiger partial charge in [-0.1, -0.05) is 0 Å². The van der Waals surface area contributed by atoms with Crippen LogP contribution in [0.4, 0.5) is 0 Å². The Kier molecular flexibility index (Phi) is 5.46. The molecule has 0 bridgehead atoms. The summed E-state index contributed by atoms with van der Waals surface area (Å²) in [6.45, 7) is 20.9. The van der Waals surface area contributed by atoms with Crippen molar-refractivity contribution in [2.24, 2.45) is 5.92 Å². The molecule has 0 fully saturated rings. The van der Waals surface area contributed by atoms with E-state index >= 15 is 0 Å². The van der Waals surface area contributed by atoms with E-state index in [-0.39, 0.29) is 5.54 Å². The van der Waals surface area contributed by atoms with E-state index in [4.69, 9.17) is 0 Å². The van der Waals surface area contributed by atoms with Crippen molar-refractivity contribution in [3.05, 3.63) is 49.8 Å². The Labute approximate surface area is 148 Å². The molecule has 125 valence electrons. The van der Waals surface area contributed by atoms with Crippen molar-refractivity contribution in [1.29, 1.82) is 0 Å². The summed E-state index contributed by atoms with van der Waals surface area (Å²) in [5, 5.41) is 0. The Morgan fingerprint density at radius 2 is 1.57 bits per heavy atom. The average molecular weight is 406 g/mol. The summed E-state index contributed by atoms with van der Waals surface area (Å²) < 4.78 is 7.53. The van der Waals surface area contributed by atoms with E-state index < -0.39 is 19.2 Å². The van der Waals surface area contributed by atoms with E-state index in [0.717, 1.165) is 0 Å². The molecule has 1 N–H and O–H groups in total. The zero-order valence-electron chi connectivity index (χ0n) is 16.1. The predicted octanol–water partition coefficient (Wildman–Crippen LogP) is 3.89. The molecule has 0 saturated carbocycles. The van der Waals surface area contributed by atoms with E-state index in [1.165, 1.54) is 11.1 Å². The summed E-state index contributed by atoms with van der Waals surface area (Å²) in [4.78, 5) is 0. The van der Waals surface area contributed by atoms with E-state index in [9.17, 15) is 0 Å². The van der Waals surface area contributed by atoms with Gasteiger partial charge in [-0.15, -0.1) is 0 Å². The minimum atomic E-state index is -2.91. The molecule has 0 amide bonds. The quantitative estimate of drug-likeness (QED) is 0.752. The van der Waals surface area contributed by atoms with Crippen LogP contribution < -0.4 is 6.53 Å². The number of hydrogen-bond donors (Lipinski definition) is 1. The molecule has 0 spiro atoms. The second kappa shape index (κ2) is 6.58. The average Bonchev–Trinajstić information content (AvgIpc) is 2.61. The molecular weight excluding hydrogens is 374 g/mol. The third-order valence-electron chi connectivity index (χ3n) is 5.29. The van der Waals surface area contributed by atoms with Crippen LogP contribution in [0.25, 0.3) is 0 Å². The Morgan fingerprint density at radius 3 is 2.00 bits per heavy atom. The van der Waals surface area contributed by atoms with Crippen LogP contribution in [0.2, 0.25) is 0 Å². The Morgan fingerprint density at radius 1 is 1.00 bits per heavy atom. The number of rotatable bonds is 3. The van der Waals surface area contributed by atoms with Gasteiger partial charge in [0.2, 0.25) is 0 Å². The monoisotopic (exact) mass is 404 g/mol. The topological polar surface area (TPSA) is 12.0 Å². The van der Waals surface area contributed by atoms with Gasteiger partial charge in [0.25, 0.3) is 0 Å². The molecule has 1 aliphatic rings. The van der Waals surface area contributed by atoms with E-state index in [2.05, 4.69) is 89.8 Å². The molecular formula is C20H32NSiZr. The van der Waals surface area contributed by atoms with Gasteiger partial charge in [-0.2, -0.15) is 0 Å². The molecule has 0 radical (unpaired) electrons. The standard InChI is InChI=1S/C9H13.C7H7.C4H10N.H2Si.Zr/c1-6-5-7(2)9(4)8(6)3;1-7-5-3-2-4-6-7;1-4(2,3)5;;/h6H,1-4H3;2-5H,1H3;5H,1-3H3;1H2;/q;;-1;;+1. The first kappa shape index (κ1) is 19.1. The van der Waals surface area contributed by atoms with Gasteiger partial charge < -0.3 is 0 Å². The molecule has 2 unspecified atom stereocenters. The molecule has 1 aromatic rings. The van der Waals surface area contributed by atoms with Gasteiger partial charge in [-0.25, -0.2) is 0 Å². The van der Waals surface area contributed by atoms with Crippen molar-refractivity contribution in [3.8, 4) is 0 Å². The van der Waals surface area contributed by atoms with Gasteiger partial charge in [0, 0.05) is 0 Å². The summed E-state index contributed by atoms with van der Waals surface area (Å²) in [7, 11) is 0. The third-order valence-corrected chi connectivity index (χ3v) is 21.6. The normalized spacial score (nSPS) is 21.8. The van der Waals surface area contributed by atoms with Crippen molar-refractivity contribution < 1.29 is 19.2 Å². The Hall–Kier alpha value is -0.240. The van der Waals surface area contributed by atoms with Crippen LogP contribution in [0.15, 0.2) is 44.3 Å². The van der Waals surface area contributed by atoms with Gasteiger partial charge in [-0.05, 0) is 0 Å². The second-order valence-corrected chi connectivity index (χ2v) is 22.2. The van der Waals surface area contributed by atoms with Crippen molar-refractivity contribution >= 4 is 10.2 Å². The molecule has 3 heteroatoms. The zero-order chi connectivity index (χ0) is 17.6. The first-order valence-electron chi connectivity index (χ1n) is 8.59. The number of hydrogen-bond acceptors (Lipinski definition) is 1. The predicted molar refractivity (Wildman–Crippen MR) is 102 cm³/mol. The van der Waals surface area contributed by atoms with Crippen molar-refractivity contribution in [2.45, 2.75) is 60.9 Å². The van der Waals surface area contributed by atoms with E-state index in [0.29, 0.717) is 5.92 Å². The fraction of sp³-hybridized carbons (Fsp3) is 0.500. The minimum absolute atomic E-state index is 0.136. The van der Waals surface area contributed by atoms with Gasteiger partial charge in [-0.3, -0.25) is 0 Å². The van der Waals surface area contributed by atoms with Gasteiger partial charge in [0.15, 0.2) is 0 Å². The molecule has 2 atom stereocenters. The van der Waals surface area contributed by atoms with Crippen LogP contribution in [0.1, 0.15) is 54.0 Å². The molecule has 0 heterocycles. The number of nitrogens with one attached hydrogen (secondary N) is 1. The molecule has 0 aliphatic heterocycles. The SMILES string of the molecule is CC1=C(C)C(C)[C]([Zr](=[SiH2])([NH]C(C)(C)C)[c]2ccccc2C)=C1C. The van der Waals surface area contributed by atoms with Crippen LogP contribution in [0, 0.1) is 12.8 Å². The molecule has 23 heavy (non-hydrogen) atoms. The van der Waals surface area contributed by atoms with Crippen LogP contribution >= 0.6 is 0 Å². The Bertz CT molecular complexity index is 734. The van der Waals surface area contributed by atoms with Crippen molar-refractivity contribution in [1.82, 2.24) is 3.26 Å². The van der Waals surface area contributed by atoms with Gasteiger partial charge in [0.1, 0.15) is 0 Å². The molecule has 2 rings (SSSR count). The number of allylic oxidation sites excluding steroid dienone is 4. The van der Waals surface area contributed by atoms with Gasteiger partial charge in [0.05, 0.1) is 0 Å². The molecule has 1 nitrogen and oxygen atoms in total. The summed E-state index contributed by atoms with van der Waals surface area (Å²) in [5.41, 5.74) is 6.22. The van der Waals surface area contributed by atoms with E-state index in [1.807, 2.05) is 0 Å². The zero-order valence-corrected chi connectivity index (χ0v) is 20.0. The van der Waals surface area contributed by atoms with Crippen molar-refractivity contribution in [3.63, 3.8) is 0 Å². The molecule has 1 aromatic carbocycles. The first-order valence-corrected chi connectivity index (χ1v) is 18.2. The maximum absolute atomic E-state index is 4.17. The Balaban J connectivity index is 2.72. The van der Waals surface area contributed by atoms with E-state index in [1.54, 1.807) is 17.7 Å². The van der Waals surface area contributed by atoms with Gasteiger partial charge >= 0.3 is 149 Å². The summed E-state index contributed by atoms with van der Waals surface area (Å²) in [5.74, 6) is 0.581. The molecule has 1 aliphatic carbocycles. The third kappa shape index (κ3) is 3.57. The summed E-state index contributed by atoms with van der Waals surface area (Å²) in [6.07, 6.45) is 0. The first-order chi connectivity index (χ1) is 10.5. The molecule has 0 aromatic heterocycles. The number of benzene rings is 1. The van der Waals surface area contributed by atoms with Crippen LogP contribution in [-0.4, -0.2) is 12.4 Å². The van der Waals surface area contributed by atoms with Crippen LogP contribution in [-0.2, 0) is 19.2 Å². The second-order valence-electron chi connectivity index (χ2n) is 8.16. The van der Waals surface area contributed by atoms with Crippen molar-refractivity contribution in [2.75, 3.05) is 0 Å².